The van der Waals surface area contributed by atoms with Crippen molar-refractivity contribution in [3.05, 3.63) is 29.8 Å². The van der Waals surface area contributed by atoms with E-state index in [1.165, 1.54) is 4.90 Å². The zero-order valence-electron chi connectivity index (χ0n) is 13.0. The summed E-state index contributed by atoms with van der Waals surface area (Å²) in [6.45, 7) is 3.86. The van der Waals surface area contributed by atoms with Crippen LogP contribution in [0.2, 0.25) is 0 Å². The van der Waals surface area contributed by atoms with Gasteiger partial charge in [-0.1, -0.05) is 19.1 Å². The van der Waals surface area contributed by atoms with E-state index in [4.69, 9.17) is 9.47 Å². The first-order valence-corrected chi connectivity index (χ1v) is 7.47. The predicted molar refractivity (Wildman–Crippen MR) is 81.6 cm³/mol. The van der Waals surface area contributed by atoms with Gasteiger partial charge in [0.25, 0.3) is 0 Å². The van der Waals surface area contributed by atoms with Gasteiger partial charge < -0.3 is 19.7 Å². The summed E-state index contributed by atoms with van der Waals surface area (Å²) in [5, 5.41) is 2.81. The molecule has 1 N–H and O–H groups in total. The molecule has 22 heavy (non-hydrogen) atoms. The van der Waals surface area contributed by atoms with Crippen LogP contribution in [0, 0.1) is 0 Å². The Morgan fingerprint density at radius 2 is 1.91 bits per heavy atom. The molecule has 6 nitrogen and oxygen atoms in total. The van der Waals surface area contributed by atoms with Gasteiger partial charge in [-0.25, -0.2) is 0 Å². The molecule has 2 amide bonds. The largest absolute Gasteiger partial charge is 0.497 e. The molecule has 0 radical (unpaired) electrons. The molecular formula is C16H22N2O4. The number of hydrogen-bond donors (Lipinski definition) is 1. The molecule has 1 aliphatic rings. The third-order valence-electron chi connectivity index (χ3n) is 3.72. The molecule has 1 aliphatic heterocycles. The molecule has 1 aromatic rings. The van der Waals surface area contributed by atoms with Crippen LogP contribution in [0.3, 0.4) is 0 Å². The van der Waals surface area contributed by atoms with Crippen LogP contribution >= 0.6 is 0 Å². The molecule has 1 saturated heterocycles. The van der Waals surface area contributed by atoms with Gasteiger partial charge in [0.15, 0.2) is 0 Å². The lowest BCUT2D eigenvalue weighted by Gasteiger charge is -2.27. The van der Waals surface area contributed by atoms with E-state index >= 15 is 0 Å². The van der Waals surface area contributed by atoms with Crippen LogP contribution in [0.5, 0.6) is 5.75 Å². The average Bonchev–Trinajstić information content (AvgIpc) is 2.59. The second-order valence-corrected chi connectivity index (χ2v) is 5.11. The molecule has 0 aliphatic carbocycles. The number of nitrogens with zero attached hydrogens (tertiary/aromatic N) is 1. The highest BCUT2D eigenvalue weighted by atomic mass is 16.5. The van der Waals surface area contributed by atoms with E-state index in [0.29, 0.717) is 32.7 Å². The van der Waals surface area contributed by atoms with E-state index in [9.17, 15) is 9.59 Å². The summed E-state index contributed by atoms with van der Waals surface area (Å²) in [5.41, 5.74) is 0.950. The number of benzene rings is 1. The van der Waals surface area contributed by atoms with Crippen LogP contribution in [-0.4, -0.2) is 50.1 Å². The molecule has 0 saturated carbocycles. The number of ether oxygens (including phenoxy) is 2. The monoisotopic (exact) mass is 306 g/mol. The van der Waals surface area contributed by atoms with E-state index in [-0.39, 0.29) is 6.04 Å². The van der Waals surface area contributed by atoms with Crippen molar-refractivity contribution < 1.29 is 19.1 Å². The van der Waals surface area contributed by atoms with Crippen molar-refractivity contribution in [3.63, 3.8) is 0 Å². The van der Waals surface area contributed by atoms with Gasteiger partial charge in [0.1, 0.15) is 5.75 Å². The lowest BCUT2D eigenvalue weighted by atomic mass is 10.0. The molecule has 2 rings (SSSR count). The molecule has 6 heteroatoms. The lowest BCUT2D eigenvalue weighted by molar-refractivity contribution is -0.148. The van der Waals surface area contributed by atoms with Gasteiger partial charge in [-0.2, -0.15) is 0 Å². The summed E-state index contributed by atoms with van der Waals surface area (Å²) < 4.78 is 10.3. The number of hydrogen-bond acceptors (Lipinski definition) is 4. The number of carbonyl (C=O) groups excluding carboxylic acids is 2. The lowest BCUT2D eigenvalue weighted by Crippen LogP contribution is -2.48. The van der Waals surface area contributed by atoms with E-state index < -0.39 is 11.8 Å². The highest BCUT2D eigenvalue weighted by Crippen LogP contribution is 2.20. The maximum Gasteiger partial charge on any atom is 0.312 e. The Labute approximate surface area is 130 Å². The number of carbonyl (C=O) groups is 2. The first-order valence-electron chi connectivity index (χ1n) is 7.47. The maximum absolute atomic E-state index is 12.1. The van der Waals surface area contributed by atoms with E-state index in [2.05, 4.69) is 5.32 Å². The van der Waals surface area contributed by atoms with Crippen molar-refractivity contribution >= 4 is 11.8 Å². The Morgan fingerprint density at radius 3 is 2.45 bits per heavy atom. The van der Waals surface area contributed by atoms with Gasteiger partial charge in [0, 0.05) is 13.1 Å². The normalized spacial score (nSPS) is 16.0. The summed E-state index contributed by atoms with van der Waals surface area (Å²) in [7, 11) is 1.61. The molecule has 0 aromatic heterocycles. The number of morpholine rings is 1. The molecule has 120 valence electrons. The number of amides is 2. The quantitative estimate of drug-likeness (QED) is 0.847. The van der Waals surface area contributed by atoms with Crippen molar-refractivity contribution in [1.29, 1.82) is 0 Å². The van der Waals surface area contributed by atoms with Gasteiger partial charge in [-0.3, -0.25) is 9.59 Å². The minimum Gasteiger partial charge on any atom is -0.497 e. The minimum absolute atomic E-state index is 0.191. The zero-order valence-corrected chi connectivity index (χ0v) is 13.0. The summed E-state index contributed by atoms with van der Waals surface area (Å²) in [5.74, 6) is -0.297. The molecule has 0 bridgehead atoms. The molecule has 0 spiro atoms. The highest BCUT2D eigenvalue weighted by Gasteiger charge is 2.25. The Bertz CT molecular complexity index is 509. The summed E-state index contributed by atoms with van der Waals surface area (Å²) in [4.78, 5) is 25.8. The molecule has 1 fully saturated rings. The average molecular weight is 306 g/mol. The molecule has 1 unspecified atom stereocenters. The Kier molecular flexibility index (Phi) is 5.77. The van der Waals surface area contributed by atoms with Crippen LogP contribution in [-0.2, 0) is 14.3 Å². The van der Waals surface area contributed by atoms with Crippen LogP contribution in [0.15, 0.2) is 24.3 Å². The van der Waals surface area contributed by atoms with E-state index in [0.717, 1.165) is 11.3 Å². The molecule has 1 heterocycles. The van der Waals surface area contributed by atoms with Crippen molar-refractivity contribution in [3.8, 4) is 5.75 Å². The predicted octanol–water partition coefficient (Wildman–Crippen LogP) is 1.12. The molecular weight excluding hydrogens is 284 g/mol. The van der Waals surface area contributed by atoms with Gasteiger partial charge >= 0.3 is 11.8 Å². The van der Waals surface area contributed by atoms with Crippen LogP contribution in [0.4, 0.5) is 0 Å². The first-order chi connectivity index (χ1) is 10.7. The van der Waals surface area contributed by atoms with Crippen molar-refractivity contribution in [2.24, 2.45) is 0 Å². The van der Waals surface area contributed by atoms with Gasteiger partial charge in [0.05, 0.1) is 26.4 Å². The standard InChI is InChI=1S/C16H22N2O4/c1-3-14(12-4-6-13(21-2)7-5-12)17-15(19)16(20)18-8-10-22-11-9-18/h4-7,14H,3,8-11H2,1-2H3,(H,17,19). The Balaban J connectivity index is 1.98. The Morgan fingerprint density at radius 1 is 1.27 bits per heavy atom. The molecule has 1 aromatic carbocycles. The third kappa shape index (κ3) is 3.98. The van der Waals surface area contributed by atoms with Gasteiger partial charge in [0.2, 0.25) is 0 Å². The second kappa shape index (κ2) is 7.79. The van der Waals surface area contributed by atoms with Crippen LogP contribution < -0.4 is 10.1 Å². The topological polar surface area (TPSA) is 67.9 Å². The SMILES string of the molecule is CCC(NC(=O)C(=O)N1CCOCC1)c1ccc(OC)cc1. The van der Waals surface area contributed by atoms with Crippen molar-refractivity contribution in [1.82, 2.24) is 10.2 Å². The van der Waals surface area contributed by atoms with E-state index in [1.807, 2.05) is 31.2 Å². The third-order valence-corrected chi connectivity index (χ3v) is 3.72. The number of rotatable bonds is 4. The summed E-state index contributed by atoms with van der Waals surface area (Å²) >= 11 is 0. The number of nitrogens with one attached hydrogen (secondary N) is 1. The summed E-state index contributed by atoms with van der Waals surface area (Å²) in [6, 6.07) is 7.28. The van der Waals surface area contributed by atoms with Gasteiger partial charge in [-0.15, -0.1) is 0 Å². The fourth-order valence-corrected chi connectivity index (χ4v) is 2.39. The van der Waals surface area contributed by atoms with Gasteiger partial charge in [-0.05, 0) is 24.1 Å². The fraction of sp³-hybridized carbons (Fsp3) is 0.500. The first kappa shape index (κ1) is 16.3. The van der Waals surface area contributed by atoms with Crippen molar-refractivity contribution in [2.75, 3.05) is 33.4 Å². The second-order valence-electron chi connectivity index (χ2n) is 5.11. The Hall–Kier alpha value is -2.08. The summed E-state index contributed by atoms with van der Waals surface area (Å²) in [6.07, 6.45) is 0.703. The smallest absolute Gasteiger partial charge is 0.312 e. The van der Waals surface area contributed by atoms with Crippen LogP contribution in [0.25, 0.3) is 0 Å². The van der Waals surface area contributed by atoms with E-state index in [1.54, 1.807) is 7.11 Å². The molecule has 1 atom stereocenters. The van der Waals surface area contributed by atoms with Crippen molar-refractivity contribution in [2.45, 2.75) is 19.4 Å². The maximum atomic E-state index is 12.1. The highest BCUT2D eigenvalue weighted by molar-refractivity contribution is 6.35. The minimum atomic E-state index is -0.565. The van der Waals surface area contributed by atoms with Crippen LogP contribution in [0.1, 0.15) is 24.9 Å². The number of methoxy groups -OCH3 is 1. The fourth-order valence-electron chi connectivity index (χ4n) is 2.39. The zero-order chi connectivity index (χ0) is 15.9.